The van der Waals surface area contributed by atoms with E-state index in [2.05, 4.69) is 18.7 Å². The van der Waals surface area contributed by atoms with Gasteiger partial charge in [-0.3, -0.25) is 0 Å². The Hall–Kier alpha value is -0.0800. The molecule has 2 atom stereocenters. The summed E-state index contributed by atoms with van der Waals surface area (Å²) in [6, 6.07) is 0. The second-order valence-corrected chi connectivity index (χ2v) is 5.56. The maximum Gasteiger partial charge on any atom is 0.0670 e. The molecule has 1 saturated heterocycles. The lowest BCUT2D eigenvalue weighted by Crippen LogP contribution is -2.45. The van der Waals surface area contributed by atoms with Crippen molar-refractivity contribution in [1.29, 1.82) is 0 Å². The highest BCUT2D eigenvalue weighted by atomic mass is 16.3. The van der Waals surface area contributed by atoms with Crippen molar-refractivity contribution in [3.8, 4) is 0 Å². The molecule has 82 valence electrons. The van der Waals surface area contributed by atoms with E-state index in [4.69, 9.17) is 0 Å². The Balaban J connectivity index is 1.84. The van der Waals surface area contributed by atoms with E-state index in [0.717, 1.165) is 18.9 Å². The fourth-order valence-corrected chi connectivity index (χ4v) is 2.50. The molecule has 0 radical (unpaired) electrons. The number of rotatable bonds is 3. The van der Waals surface area contributed by atoms with Crippen molar-refractivity contribution in [3.05, 3.63) is 0 Å². The highest BCUT2D eigenvalue weighted by Gasteiger charge is 2.31. The highest BCUT2D eigenvalue weighted by molar-refractivity contribution is 4.84. The van der Waals surface area contributed by atoms with Gasteiger partial charge in [0.15, 0.2) is 0 Å². The smallest absolute Gasteiger partial charge is 0.0670 e. The molecule has 0 aromatic carbocycles. The SMILES string of the molecule is CC(C)[C@@H]1C[C@H](O)CN(CC2CC2)C1. The Morgan fingerprint density at radius 1 is 1.29 bits per heavy atom. The molecule has 0 amide bonds. The zero-order chi connectivity index (χ0) is 10.1. The summed E-state index contributed by atoms with van der Waals surface area (Å²) in [5, 5.41) is 9.79. The summed E-state index contributed by atoms with van der Waals surface area (Å²) in [5.74, 6) is 2.37. The summed E-state index contributed by atoms with van der Waals surface area (Å²) in [6.45, 7) is 7.92. The first kappa shape index (κ1) is 10.4. The lowest BCUT2D eigenvalue weighted by Gasteiger charge is -2.37. The Morgan fingerprint density at radius 2 is 2.00 bits per heavy atom. The van der Waals surface area contributed by atoms with Gasteiger partial charge < -0.3 is 10.0 Å². The molecular formula is C12H23NO. The molecule has 2 nitrogen and oxygen atoms in total. The number of aliphatic hydroxyl groups is 1. The van der Waals surface area contributed by atoms with Crippen LogP contribution in [0.15, 0.2) is 0 Å². The van der Waals surface area contributed by atoms with Crippen LogP contribution in [0, 0.1) is 17.8 Å². The van der Waals surface area contributed by atoms with Crippen molar-refractivity contribution in [2.24, 2.45) is 17.8 Å². The molecule has 2 rings (SSSR count). The fraction of sp³-hybridized carbons (Fsp3) is 1.00. The van der Waals surface area contributed by atoms with Crippen LogP contribution in [0.2, 0.25) is 0 Å². The van der Waals surface area contributed by atoms with E-state index >= 15 is 0 Å². The lowest BCUT2D eigenvalue weighted by atomic mass is 9.86. The van der Waals surface area contributed by atoms with Crippen molar-refractivity contribution >= 4 is 0 Å². The molecule has 1 saturated carbocycles. The van der Waals surface area contributed by atoms with Crippen molar-refractivity contribution in [2.75, 3.05) is 19.6 Å². The van der Waals surface area contributed by atoms with Crippen molar-refractivity contribution in [1.82, 2.24) is 4.90 Å². The molecule has 2 heteroatoms. The zero-order valence-corrected chi connectivity index (χ0v) is 9.45. The number of β-amino-alcohol motifs (C(OH)–C–C–N with tert-alkyl or cyclic N) is 1. The summed E-state index contributed by atoms with van der Waals surface area (Å²) in [4.78, 5) is 2.48. The van der Waals surface area contributed by atoms with Gasteiger partial charge in [-0.2, -0.15) is 0 Å². The number of nitrogens with zero attached hydrogens (tertiary/aromatic N) is 1. The average Bonchev–Trinajstić information content (AvgIpc) is 2.87. The van der Waals surface area contributed by atoms with E-state index in [1.165, 1.54) is 25.9 Å². The molecular weight excluding hydrogens is 174 g/mol. The van der Waals surface area contributed by atoms with Crippen LogP contribution in [-0.4, -0.2) is 35.7 Å². The lowest BCUT2D eigenvalue weighted by molar-refractivity contribution is 0.0242. The van der Waals surface area contributed by atoms with Gasteiger partial charge in [0, 0.05) is 19.6 Å². The summed E-state index contributed by atoms with van der Waals surface area (Å²) in [5.41, 5.74) is 0. The molecule has 0 aromatic heterocycles. The second-order valence-electron chi connectivity index (χ2n) is 5.56. The summed E-state index contributed by atoms with van der Waals surface area (Å²) < 4.78 is 0. The van der Waals surface area contributed by atoms with E-state index in [9.17, 15) is 5.11 Å². The number of piperidine rings is 1. The number of aliphatic hydroxyl groups excluding tert-OH is 1. The van der Waals surface area contributed by atoms with Gasteiger partial charge >= 0.3 is 0 Å². The van der Waals surface area contributed by atoms with E-state index in [0.29, 0.717) is 11.8 Å². The van der Waals surface area contributed by atoms with Crippen LogP contribution in [-0.2, 0) is 0 Å². The van der Waals surface area contributed by atoms with E-state index < -0.39 is 0 Å². The minimum atomic E-state index is -0.0742. The van der Waals surface area contributed by atoms with Gasteiger partial charge in [-0.05, 0) is 37.0 Å². The third-order valence-electron chi connectivity index (χ3n) is 3.69. The first-order valence-electron chi connectivity index (χ1n) is 6.05. The van der Waals surface area contributed by atoms with E-state index in [1.54, 1.807) is 0 Å². The number of hydrogen-bond acceptors (Lipinski definition) is 2. The van der Waals surface area contributed by atoms with Gasteiger partial charge in [0.1, 0.15) is 0 Å². The van der Waals surface area contributed by atoms with Crippen molar-refractivity contribution in [3.63, 3.8) is 0 Å². The molecule has 1 aliphatic carbocycles. The van der Waals surface area contributed by atoms with Crippen LogP contribution in [0.1, 0.15) is 33.1 Å². The molecule has 1 N–H and O–H groups in total. The Morgan fingerprint density at radius 3 is 2.57 bits per heavy atom. The first-order valence-corrected chi connectivity index (χ1v) is 6.05. The molecule has 2 aliphatic rings. The minimum absolute atomic E-state index is 0.0742. The van der Waals surface area contributed by atoms with E-state index in [1.807, 2.05) is 0 Å². The zero-order valence-electron chi connectivity index (χ0n) is 9.45. The van der Waals surface area contributed by atoms with Crippen LogP contribution in [0.4, 0.5) is 0 Å². The van der Waals surface area contributed by atoms with Crippen LogP contribution in [0.25, 0.3) is 0 Å². The topological polar surface area (TPSA) is 23.5 Å². The van der Waals surface area contributed by atoms with Gasteiger partial charge in [0.05, 0.1) is 6.10 Å². The summed E-state index contributed by atoms with van der Waals surface area (Å²) in [7, 11) is 0. The quantitative estimate of drug-likeness (QED) is 0.745. The second kappa shape index (κ2) is 4.19. The molecule has 0 aromatic rings. The molecule has 0 bridgehead atoms. The standard InChI is InChI=1S/C12H23NO/c1-9(2)11-5-12(14)8-13(7-11)6-10-3-4-10/h9-12,14H,3-8H2,1-2H3/t11-,12+/m1/s1. The summed E-state index contributed by atoms with van der Waals surface area (Å²) >= 11 is 0. The Labute approximate surface area is 87.3 Å². The molecule has 1 aliphatic heterocycles. The molecule has 2 fully saturated rings. The summed E-state index contributed by atoms with van der Waals surface area (Å²) in [6.07, 6.45) is 3.77. The fourth-order valence-electron chi connectivity index (χ4n) is 2.50. The average molecular weight is 197 g/mol. The van der Waals surface area contributed by atoms with Crippen LogP contribution in [0.5, 0.6) is 0 Å². The highest BCUT2D eigenvalue weighted by Crippen LogP contribution is 2.32. The number of hydrogen-bond donors (Lipinski definition) is 1. The van der Waals surface area contributed by atoms with Crippen LogP contribution >= 0.6 is 0 Å². The Kier molecular flexibility index (Phi) is 3.13. The minimum Gasteiger partial charge on any atom is -0.392 e. The van der Waals surface area contributed by atoms with Gasteiger partial charge in [-0.15, -0.1) is 0 Å². The van der Waals surface area contributed by atoms with Gasteiger partial charge in [0.25, 0.3) is 0 Å². The molecule has 0 unspecified atom stereocenters. The Bertz CT molecular complexity index is 187. The van der Waals surface area contributed by atoms with Crippen molar-refractivity contribution in [2.45, 2.75) is 39.2 Å². The number of likely N-dealkylation sites (tertiary alicyclic amines) is 1. The molecule has 0 spiro atoms. The van der Waals surface area contributed by atoms with Gasteiger partial charge in [-0.25, -0.2) is 0 Å². The predicted octanol–water partition coefficient (Wildman–Crippen LogP) is 1.74. The maximum absolute atomic E-state index is 9.79. The maximum atomic E-state index is 9.79. The van der Waals surface area contributed by atoms with Gasteiger partial charge in [-0.1, -0.05) is 13.8 Å². The van der Waals surface area contributed by atoms with E-state index in [-0.39, 0.29) is 6.10 Å². The molecule has 1 heterocycles. The van der Waals surface area contributed by atoms with Crippen LogP contribution < -0.4 is 0 Å². The third kappa shape index (κ3) is 2.71. The normalized spacial score (nSPS) is 35.1. The predicted molar refractivity (Wildman–Crippen MR) is 58.1 cm³/mol. The third-order valence-corrected chi connectivity index (χ3v) is 3.69. The van der Waals surface area contributed by atoms with Gasteiger partial charge in [0.2, 0.25) is 0 Å². The monoisotopic (exact) mass is 197 g/mol. The molecule has 14 heavy (non-hydrogen) atoms. The largest absolute Gasteiger partial charge is 0.392 e. The van der Waals surface area contributed by atoms with Crippen molar-refractivity contribution < 1.29 is 5.11 Å². The first-order chi connectivity index (χ1) is 6.65. The van der Waals surface area contributed by atoms with Crippen LogP contribution in [0.3, 0.4) is 0 Å².